The number of nitro benzene ring substituents is 1. The van der Waals surface area contributed by atoms with E-state index in [1.807, 2.05) is 0 Å². The van der Waals surface area contributed by atoms with E-state index in [1.54, 1.807) is 60.7 Å². The summed E-state index contributed by atoms with van der Waals surface area (Å²) in [6.45, 7) is 0. The molecule has 0 spiro atoms. The maximum Gasteiger partial charge on any atom is 0.282 e. The first-order valence-electron chi connectivity index (χ1n) is 8.60. The van der Waals surface area contributed by atoms with Crippen molar-refractivity contribution in [2.24, 2.45) is 5.10 Å². The van der Waals surface area contributed by atoms with Gasteiger partial charge in [0.15, 0.2) is 5.82 Å². The van der Waals surface area contributed by atoms with Crippen molar-refractivity contribution in [3.05, 3.63) is 104 Å². The molecule has 0 radical (unpaired) electrons. The molecule has 0 saturated carbocycles. The summed E-state index contributed by atoms with van der Waals surface area (Å²) < 4.78 is 1.16. The number of nitro groups is 1. The van der Waals surface area contributed by atoms with E-state index in [1.165, 1.54) is 18.3 Å². The molecule has 4 aromatic rings. The Kier molecular flexibility index (Phi) is 4.88. The summed E-state index contributed by atoms with van der Waals surface area (Å²) in [6, 6.07) is 19.9. The van der Waals surface area contributed by atoms with Crippen LogP contribution in [-0.4, -0.2) is 20.8 Å². The van der Waals surface area contributed by atoms with Crippen LogP contribution in [0.4, 0.5) is 5.69 Å². The second-order valence-electron chi connectivity index (χ2n) is 6.15. The zero-order chi connectivity index (χ0) is 20.4. The Hall–Kier alpha value is -3.84. The van der Waals surface area contributed by atoms with E-state index in [0.29, 0.717) is 27.1 Å². The number of hydrogen-bond donors (Lipinski definition) is 0. The molecule has 0 N–H and O–H groups in total. The lowest BCUT2D eigenvalue weighted by atomic mass is 10.2. The van der Waals surface area contributed by atoms with Crippen molar-refractivity contribution < 1.29 is 4.92 Å². The third-order valence-electron chi connectivity index (χ3n) is 4.27. The molecular weight excluding hydrogens is 392 g/mol. The average molecular weight is 405 g/mol. The SMILES string of the molecule is O=c1c2ccccc2nc(-c2ccccc2Cl)n1/N=C\c1cccc([N+](=O)[O-])c1. The molecule has 0 fully saturated rings. The van der Waals surface area contributed by atoms with Crippen LogP contribution in [0.25, 0.3) is 22.3 Å². The van der Waals surface area contributed by atoms with Gasteiger partial charge >= 0.3 is 0 Å². The lowest BCUT2D eigenvalue weighted by molar-refractivity contribution is -0.384. The molecular formula is C21H13ClN4O3. The standard InChI is InChI=1S/C21H13ClN4O3/c22-18-10-3-1-8-16(18)20-24-19-11-4-2-9-17(19)21(27)25(20)23-13-14-6-5-7-15(12-14)26(28)29/h1-13H/b23-13-. The third-order valence-corrected chi connectivity index (χ3v) is 4.60. The molecule has 0 aliphatic rings. The van der Waals surface area contributed by atoms with Gasteiger partial charge in [0.2, 0.25) is 0 Å². The van der Waals surface area contributed by atoms with Gasteiger partial charge in [-0.1, -0.05) is 48.0 Å². The lowest BCUT2D eigenvalue weighted by Gasteiger charge is -2.10. The van der Waals surface area contributed by atoms with E-state index < -0.39 is 4.92 Å². The molecule has 3 aromatic carbocycles. The minimum Gasteiger partial charge on any atom is -0.267 e. The average Bonchev–Trinajstić information content (AvgIpc) is 2.73. The van der Waals surface area contributed by atoms with Crippen LogP contribution in [0, 0.1) is 10.1 Å². The van der Waals surface area contributed by atoms with Crippen LogP contribution in [-0.2, 0) is 0 Å². The third kappa shape index (κ3) is 3.63. The lowest BCUT2D eigenvalue weighted by Crippen LogP contribution is -2.20. The Morgan fingerprint density at radius 2 is 1.79 bits per heavy atom. The minimum absolute atomic E-state index is 0.0655. The molecule has 29 heavy (non-hydrogen) atoms. The molecule has 0 amide bonds. The first-order chi connectivity index (χ1) is 14.0. The largest absolute Gasteiger partial charge is 0.282 e. The Balaban J connectivity index is 1.93. The predicted octanol–water partition coefficient (Wildman–Crippen LogP) is 4.51. The Morgan fingerprint density at radius 3 is 2.59 bits per heavy atom. The van der Waals surface area contributed by atoms with E-state index >= 15 is 0 Å². The molecule has 7 nitrogen and oxygen atoms in total. The molecule has 1 aromatic heterocycles. The van der Waals surface area contributed by atoms with Gasteiger partial charge in [-0.2, -0.15) is 9.78 Å². The molecule has 8 heteroatoms. The second kappa shape index (κ2) is 7.65. The van der Waals surface area contributed by atoms with E-state index in [2.05, 4.69) is 10.1 Å². The van der Waals surface area contributed by atoms with Gasteiger partial charge in [-0.15, -0.1) is 0 Å². The summed E-state index contributed by atoms with van der Waals surface area (Å²) in [5.74, 6) is 0.279. The van der Waals surface area contributed by atoms with Crippen LogP contribution in [0.3, 0.4) is 0 Å². The summed E-state index contributed by atoms with van der Waals surface area (Å²) in [6.07, 6.45) is 1.38. The van der Waals surface area contributed by atoms with Gasteiger partial charge in [-0.25, -0.2) is 4.98 Å². The molecule has 142 valence electrons. The number of non-ortho nitro benzene ring substituents is 1. The number of benzene rings is 3. The number of para-hydroxylation sites is 1. The fourth-order valence-corrected chi connectivity index (χ4v) is 3.11. The summed E-state index contributed by atoms with van der Waals surface area (Å²) in [4.78, 5) is 28.2. The normalized spacial score (nSPS) is 11.2. The van der Waals surface area contributed by atoms with Crippen molar-refractivity contribution in [3.63, 3.8) is 0 Å². The maximum absolute atomic E-state index is 13.1. The van der Waals surface area contributed by atoms with E-state index in [0.717, 1.165) is 4.68 Å². The van der Waals surface area contributed by atoms with Gasteiger partial charge in [0.25, 0.3) is 11.2 Å². The van der Waals surface area contributed by atoms with Crippen molar-refractivity contribution in [2.75, 3.05) is 0 Å². The smallest absolute Gasteiger partial charge is 0.267 e. The van der Waals surface area contributed by atoms with Gasteiger partial charge in [0.1, 0.15) is 0 Å². The first kappa shape index (κ1) is 18.5. The van der Waals surface area contributed by atoms with Crippen molar-refractivity contribution in [2.45, 2.75) is 0 Å². The van der Waals surface area contributed by atoms with Crippen LogP contribution < -0.4 is 5.56 Å². The highest BCUT2D eigenvalue weighted by molar-refractivity contribution is 6.33. The van der Waals surface area contributed by atoms with Crippen molar-refractivity contribution >= 4 is 34.4 Å². The zero-order valence-electron chi connectivity index (χ0n) is 14.9. The number of halogens is 1. The molecule has 0 unspecified atom stereocenters. The molecule has 0 aliphatic heterocycles. The van der Waals surface area contributed by atoms with Gasteiger partial charge < -0.3 is 0 Å². The van der Waals surface area contributed by atoms with Crippen LogP contribution in [0.2, 0.25) is 5.02 Å². The molecule has 0 atom stereocenters. The number of rotatable bonds is 4. The fraction of sp³-hybridized carbons (Fsp3) is 0. The van der Waals surface area contributed by atoms with Gasteiger partial charge in [-0.05, 0) is 24.3 Å². The number of nitrogens with zero attached hydrogens (tertiary/aromatic N) is 4. The Bertz CT molecular complexity index is 1330. The van der Waals surface area contributed by atoms with E-state index in [9.17, 15) is 14.9 Å². The van der Waals surface area contributed by atoms with Crippen LogP contribution >= 0.6 is 11.6 Å². The minimum atomic E-state index is -0.490. The van der Waals surface area contributed by atoms with Gasteiger partial charge in [0, 0.05) is 23.3 Å². The monoisotopic (exact) mass is 404 g/mol. The van der Waals surface area contributed by atoms with Crippen LogP contribution in [0.1, 0.15) is 5.56 Å². The van der Waals surface area contributed by atoms with Gasteiger partial charge in [-0.3, -0.25) is 14.9 Å². The summed E-state index contributed by atoms with van der Waals surface area (Å²) in [5.41, 5.74) is 1.11. The maximum atomic E-state index is 13.1. The molecule has 0 saturated heterocycles. The Morgan fingerprint density at radius 1 is 1.03 bits per heavy atom. The van der Waals surface area contributed by atoms with Crippen molar-refractivity contribution in [3.8, 4) is 11.4 Å². The first-order valence-corrected chi connectivity index (χ1v) is 8.98. The summed E-state index contributed by atoms with van der Waals surface area (Å²) in [7, 11) is 0. The molecule has 0 aliphatic carbocycles. The highest BCUT2D eigenvalue weighted by atomic mass is 35.5. The van der Waals surface area contributed by atoms with Crippen LogP contribution in [0.15, 0.2) is 82.7 Å². The number of hydrogen-bond acceptors (Lipinski definition) is 5. The van der Waals surface area contributed by atoms with E-state index in [4.69, 9.17) is 11.6 Å². The topological polar surface area (TPSA) is 90.4 Å². The molecule has 0 bridgehead atoms. The molecule has 4 rings (SSSR count). The highest BCUT2D eigenvalue weighted by Crippen LogP contribution is 2.26. The van der Waals surface area contributed by atoms with Gasteiger partial charge in [0.05, 0.1) is 27.1 Å². The Labute approximate surface area is 169 Å². The summed E-state index contributed by atoms with van der Waals surface area (Å²) in [5, 5.41) is 16.1. The van der Waals surface area contributed by atoms with Crippen molar-refractivity contribution in [1.29, 1.82) is 0 Å². The van der Waals surface area contributed by atoms with Crippen LogP contribution in [0.5, 0.6) is 0 Å². The molecule has 1 heterocycles. The summed E-state index contributed by atoms with van der Waals surface area (Å²) >= 11 is 6.32. The van der Waals surface area contributed by atoms with E-state index in [-0.39, 0.29) is 17.1 Å². The number of fused-ring (bicyclic) bond motifs is 1. The van der Waals surface area contributed by atoms with Crippen molar-refractivity contribution in [1.82, 2.24) is 9.66 Å². The predicted molar refractivity (Wildman–Crippen MR) is 113 cm³/mol. The zero-order valence-corrected chi connectivity index (χ0v) is 15.7. The quantitative estimate of drug-likeness (QED) is 0.284. The second-order valence-corrected chi connectivity index (χ2v) is 6.55. The number of aromatic nitrogens is 2. The fourth-order valence-electron chi connectivity index (χ4n) is 2.89. The highest BCUT2D eigenvalue weighted by Gasteiger charge is 2.14.